The Morgan fingerprint density at radius 1 is 1.19 bits per heavy atom. The van der Waals surface area contributed by atoms with Gasteiger partial charge in [0.15, 0.2) is 6.61 Å². The molecule has 0 unspecified atom stereocenters. The molecule has 1 aliphatic carbocycles. The molecule has 0 spiro atoms. The molecule has 0 bridgehead atoms. The fraction of sp³-hybridized carbons (Fsp3) is 0.600. The minimum atomic E-state index is -0.396. The van der Waals surface area contributed by atoms with Gasteiger partial charge in [0.25, 0.3) is 5.91 Å². The molecule has 1 fully saturated rings. The summed E-state index contributed by atoms with van der Waals surface area (Å²) in [6.07, 6.45) is 3.52. The summed E-state index contributed by atoms with van der Waals surface area (Å²) in [5, 5.41) is 6.14. The summed E-state index contributed by atoms with van der Waals surface area (Å²) in [7, 11) is 1.60. The first-order chi connectivity index (χ1) is 12.5. The zero-order valence-electron chi connectivity index (χ0n) is 15.9. The lowest BCUT2D eigenvalue weighted by Crippen LogP contribution is -2.45. The molecule has 6 nitrogen and oxygen atoms in total. The summed E-state index contributed by atoms with van der Waals surface area (Å²) in [6.45, 7) is 4.59. The SMILES string of the molecule is COc1ccccc1NCCC(=O)OCC(=O)N[C@@H]1CCC[C@@H](C)[C@@H]1C. The zero-order valence-corrected chi connectivity index (χ0v) is 15.9. The standard InChI is InChI=1S/C20H30N2O4/c1-14-7-6-9-16(15(14)2)22-19(23)13-26-20(24)11-12-21-17-8-4-5-10-18(17)25-3/h4-5,8,10,14-16,21H,6-7,9,11-13H2,1-3H3,(H,22,23)/t14-,15+,16-/m1/s1. The highest BCUT2D eigenvalue weighted by Gasteiger charge is 2.28. The Labute approximate surface area is 155 Å². The van der Waals surface area contributed by atoms with Crippen LogP contribution in [0.1, 0.15) is 39.5 Å². The summed E-state index contributed by atoms with van der Waals surface area (Å²) >= 11 is 0. The van der Waals surface area contributed by atoms with E-state index in [-0.39, 0.29) is 25.0 Å². The molecule has 1 saturated carbocycles. The van der Waals surface area contributed by atoms with Crippen molar-refractivity contribution >= 4 is 17.6 Å². The highest BCUT2D eigenvalue weighted by atomic mass is 16.5. The number of carbonyl (C=O) groups excluding carboxylic acids is 2. The van der Waals surface area contributed by atoms with Gasteiger partial charge in [-0.05, 0) is 30.4 Å². The van der Waals surface area contributed by atoms with Crippen molar-refractivity contribution in [1.82, 2.24) is 5.32 Å². The van der Waals surface area contributed by atoms with E-state index in [0.717, 1.165) is 24.3 Å². The lowest BCUT2D eigenvalue weighted by atomic mass is 9.78. The van der Waals surface area contributed by atoms with Gasteiger partial charge in [0.2, 0.25) is 0 Å². The van der Waals surface area contributed by atoms with Gasteiger partial charge in [-0.15, -0.1) is 0 Å². The molecule has 26 heavy (non-hydrogen) atoms. The molecule has 1 aromatic rings. The molecule has 0 heterocycles. The minimum Gasteiger partial charge on any atom is -0.495 e. The molecular formula is C20H30N2O4. The van der Waals surface area contributed by atoms with E-state index in [9.17, 15) is 9.59 Å². The van der Waals surface area contributed by atoms with Crippen LogP contribution >= 0.6 is 0 Å². The number of methoxy groups -OCH3 is 1. The van der Waals surface area contributed by atoms with Crippen LogP contribution in [0.4, 0.5) is 5.69 Å². The van der Waals surface area contributed by atoms with Gasteiger partial charge in [-0.1, -0.05) is 38.8 Å². The van der Waals surface area contributed by atoms with Gasteiger partial charge < -0.3 is 20.1 Å². The van der Waals surface area contributed by atoms with Crippen LogP contribution in [0.25, 0.3) is 0 Å². The van der Waals surface area contributed by atoms with E-state index in [0.29, 0.717) is 18.4 Å². The van der Waals surface area contributed by atoms with Crippen molar-refractivity contribution in [1.29, 1.82) is 0 Å². The Balaban J connectivity index is 1.66. The van der Waals surface area contributed by atoms with Crippen molar-refractivity contribution in [2.24, 2.45) is 11.8 Å². The van der Waals surface area contributed by atoms with Crippen molar-refractivity contribution < 1.29 is 19.1 Å². The van der Waals surface area contributed by atoms with E-state index in [4.69, 9.17) is 9.47 Å². The lowest BCUT2D eigenvalue weighted by molar-refractivity contribution is -0.148. The number of anilines is 1. The number of para-hydroxylation sites is 2. The van der Waals surface area contributed by atoms with E-state index in [1.165, 1.54) is 6.42 Å². The van der Waals surface area contributed by atoms with Crippen molar-refractivity contribution in [2.75, 3.05) is 25.6 Å². The van der Waals surface area contributed by atoms with Crippen LogP contribution in [0.3, 0.4) is 0 Å². The minimum absolute atomic E-state index is 0.178. The molecule has 1 aromatic carbocycles. The van der Waals surface area contributed by atoms with Crippen LogP contribution in [0.5, 0.6) is 5.75 Å². The van der Waals surface area contributed by atoms with E-state index < -0.39 is 5.97 Å². The predicted molar refractivity (Wildman–Crippen MR) is 101 cm³/mol. The summed E-state index contributed by atoms with van der Waals surface area (Å²) in [5.41, 5.74) is 0.820. The third-order valence-electron chi connectivity index (χ3n) is 5.17. The molecule has 0 saturated heterocycles. The van der Waals surface area contributed by atoms with Gasteiger partial charge in [0, 0.05) is 12.6 Å². The first-order valence-corrected chi connectivity index (χ1v) is 9.33. The Morgan fingerprint density at radius 2 is 1.96 bits per heavy atom. The lowest BCUT2D eigenvalue weighted by Gasteiger charge is -2.34. The smallest absolute Gasteiger partial charge is 0.308 e. The topological polar surface area (TPSA) is 76.7 Å². The van der Waals surface area contributed by atoms with E-state index >= 15 is 0 Å². The second-order valence-electron chi connectivity index (χ2n) is 6.98. The van der Waals surface area contributed by atoms with Gasteiger partial charge in [-0.25, -0.2) is 0 Å². The Hall–Kier alpha value is -2.24. The Kier molecular flexibility index (Phi) is 7.75. The van der Waals surface area contributed by atoms with Gasteiger partial charge in [0.05, 0.1) is 19.2 Å². The predicted octanol–water partition coefficient (Wildman–Crippen LogP) is 2.98. The maximum absolute atomic E-state index is 12.0. The maximum atomic E-state index is 12.0. The zero-order chi connectivity index (χ0) is 18.9. The largest absolute Gasteiger partial charge is 0.495 e. The monoisotopic (exact) mass is 362 g/mol. The molecule has 0 aromatic heterocycles. The second-order valence-corrected chi connectivity index (χ2v) is 6.98. The number of carbonyl (C=O) groups is 2. The summed E-state index contributed by atoms with van der Waals surface area (Å²) < 4.78 is 10.3. The number of benzene rings is 1. The molecule has 0 radical (unpaired) electrons. The van der Waals surface area contributed by atoms with Crippen molar-refractivity contribution in [3.63, 3.8) is 0 Å². The number of nitrogens with one attached hydrogen (secondary N) is 2. The first-order valence-electron chi connectivity index (χ1n) is 9.33. The van der Waals surface area contributed by atoms with E-state index in [2.05, 4.69) is 24.5 Å². The summed E-state index contributed by atoms with van der Waals surface area (Å²) in [4.78, 5) is 23.9. The molecule has 1 amide bonds. The molecule has 6 heteroatoms. The molecule has 2 rings (SSSR count). The third-order valence-corrected chi connectivity index (χ3v) is 5.17. The first kappa shape index (κ1) is 20.1. The van der Waals surface area contributed by atoms with E-state index in [1.54, 1.807) is 7.11 Å². The average Bonchev–Trinajstić information content (AvgIpc) is 2.64. The van der Waals surface area contributed by atoms with Crippen molar-refractivity contribution in [2.45, 2.75) is 45.6 Å². The number of amides is 1. The van der Waals surface area contributed by atoms with Crippen LogP contribution in [0.15, 0.2) is 24.3 Å². The van der Waals surface area contributed by atoms with Gasteiger partial charge in [0.1, 0.15) is 5.75 Å². The van der Waals surface area contributed by atoms with Crippen LogP contribution in [0, 0.1) is 11.8 Å². The van der Waals surface area contributed by atoms with Gasteiger partial charge in [-0.2, -0.15) is 0 Å². The van der Waals surface area contributed by atoms with Gasteiger partial charge >= 0.3 is 5.97 Å². The van der Waals surface area contributed by atoms with Crippen LogP contribution in [-0.2, 0) is 14.3 Å². The summed E-state index contributed by atoms with van der Waals surface area (Å²) in [6, 6.07) is 7.67. The third kappa shape index (κ3) is 5.93. The average molecular weight is 362 g/mol. The molecule has 144 valence electrons. The van der Waals surface area contributed by atoms with Gasteiger partial charge in [-0.3, -0.25) is 9.59 Å². The fourth-order valence-electron chi connectivity index (χ4n) is 3.34. The Morgan fingerprint density at radius 3 is 2.73 bits per heavy atom. The Bertz CT molecular complexity index is 605. The second kappa shape index (κ2) is 10.0. The molecule has 3 atom stereocenters. The molecule has 1 aliphatic rings. The molecular weight excluding hydrogens is 332 g/mol. The van der Waals surface area contributed by atoms with Crippen LogP contribution < -0.4 is 15.4 Å². The quantitative estimate of drug-likeness (QED) is 0.695. The van der Waals surface area contributed by atoms with Crippen molar-refractivity contribution in [3.8, 4) is 5.75 Å². The summed E-state index contributed by atoms with van der Waals surface area (Å²) in [5.74, 6) is 1.16. The number of rotatable bonds is 8. The molecule has 0 aliphatic heterocycles. The number of hydrogen-bond acceptors (Lipinski definition) is 5. The van der Waals surface area contributed by atoms with Crippen molar-refractivity contribution in [3.05, 3.63) is 24.3 Å². The van der Waals surface area contributed by atoms with Crippen LogP contribution in [-0.4, -0.2) is 38.2 Å². The highest BCUT2D eigenvalue weighted by molar-refractivity contribution is 5.80. The fourth-order valence-corrected chi connectivity index (χ4v) is 3.34. The highest BCUT2D eigenvalue weighted by Crippen LogP contribution is 2.29. The van der Waals surface area contributed by atoms with E-state index in [1.807, 2.05) is 24.3 Å². The number of hydrogen-bond donors (Lipinski definition) is 2. The normalized spacial score (nSPS) is 22.3. The number of ether oxygens (including phenoxy) is 2. The molecule has 2 N–H and O–H groups in total. The van der Waals surface area contributed by atoms with Crippen LogP contribution in [0.2, 0.25) is 0 Å². The maximum Gasteiger partial charge on any atom is 0.308 e. The number of esters is 1.